The van der Waals surface area contributed by atoms with Gasteiger partial charge in [-0.15, -0.1) is 0 Å². The first-order valence-electron chi connectivity index (χ1n) is 20.1. The average Bonchev–Trinajstić information content (AvgIpc) is 3.12. The summed E-state index contributed by atoms with van der Waals surface area (Å²) in [6.07, 6.45) is 54.9. The number of esters is 2. The molecule has 284 valence electrons. The maximum atomic E-state index is 12.2. The zero-order valence-corrected chi connectivity index (χ0v) is 32.1. The maximum Gasteiger partial charge on any atom is 0.306 e. The predicted molar refractivity (Wildman–Crippen MR) is 214 cm³/mol. The predicted octanol–water partition coefficient (Wildman–Crippen LogP) is 12.7. The SMILES string of the molecule is CCCCC/C=C/C/C=C/C/C=C/C/C=C/CCCCCC(=O)O[C@@H](CO)COC(=O)CCCCCC/C=C/C/C=C/C/C=C/CCCCC. The first-order chi connectivity index (χ1) is 24.6. The van der Waals surface area contributed by atoms with Crippen molar-refractivity contribution in [1.29, 1.82) is 0 Å². The van der Waals surface area contributed by atoms with Crippen LogP contribution in [-0.2, 0) is 19.1 Å². The summed E-state index contributed by atoms with van der Waals surface area (Å²) >= 11 is 0. The van der Waals surface area contributed by atoms with E-state index in [1.54, 1.807) is 0 Å². The number of hydrogen-bond donors (Lipinski definition) is 1. The Morgan fingerprint density at radius 2 is 0.800 bits per heavy atom. The molecule has 0 spiro atoms. The van der Waals surface area contributed by atoms with Crippen molar-refractivity contribution < 1.29 is 24.2 Å². The third-order valence-electron chi connectivity index (χ3n) is 8.16. The number of hydrogen-bond acceptors (Lipinski definition) is 5. The Kier molecular flexibility index (Phi) is 38.1. The second-order valence-corrected chi connectivity index (χ2v) is 13.0. The number of aliphatic hydroxyl groups is 1. The Morgan fingerprint density at radius 1 is 0.460 bits per heavy atom. The third kappa shape index (κ3) is 37.9. The monoisotopic (exact) mass is 695 g/mol. The van der Waals surface area contributed by atoms with Crippen molar-refractivity contribution in [2.45, 2.75) is 174 Å². The molecule has 5 nitrogen and oxygen atoms in total. The molecule has 0 aromatic rings. The van der Waals surface area contributed by atoms with Gasteiger partial charge in [0.15, 0.2) is 6.10 Å². The minimum absolute atomic E-state index is 0.0956. The molecular formula is C45H74O5. The molecule has 0 radical (unpaired) electrons. The number of ether oxygens (including phenoxy) is 2. The number of allylic oxidation sites excluding steroid dienone is 14. The molecule has 0 saturated carbocycles. The van der Waals surface area contributed by atoms with Crippen LogP contribution in [0.4, 0.5) is 0 Å². The van der Waals surface area contributed by atoms with Gasteiger partial charge in [0.1, 0.15) is 6.61 Å². The van der Waals surface area contributed by atoms with Gasteiger partial charge in [-0.2, -0.15) is 0 Å². The summed E-state index contributed by atoms with van der Waals surface area (Å²) in [5.41, 5.74) is 0. The lowest BCUT2D eigenvalue weighted by molar-refractivity contribution is -0.161. The summed E-state index contributed by atoms with van der Waals surface area (Å²) in [5.74, 6) is -0.660. The van der Waals surface area contributed by atoms with Crippen molar-refractivity contribution in [1.82, 2.24) is 0 Å². The molecule has 50 heavy (non-hydrogen) atoms. The molecule has 0 bridgehead atoms. The van der Waals surface area contributed by atoms with Crippen LogP contribution in [-0.4, -0.2) is 36.4 Å². The van der Waals surface area contributed by atoms with E-state index in [9.17, 15) is 14.7 Å². The normalized spacial score (nSPS) is 13.1. The largest absolute Gasteiger partial charge is 0.462 e. The second-order valence-electron chi connectivity index (χ2n) is 13.0. The van der Waals surface area contributed by atoms with Crippen molar-refractivity contribution in [3.05, 3.63) is 85.1 Å². The van der Waals surface area contributed by atoms with Crippen LogP contribution in [0.25, 0.3) is 0 Å². The van der Waals surface area contributed by atoms with Crippen molar-refractivity contribution in [3.63, 3.8) is 0 Å². The van der Waals surface area contributed by atoms with Crippen LogP contribution in [0.5, 0.6) is 0 Å². The maximum absolute atomic E-state index is 12.2. The smallest absolute Gasteiger partial charge is 0.306 e. The fraction of sp³-hybridized carbons (Fsp3) is 0.644. The minimum atomic E-state index is -0.802. The molecule has 0 fully saturated rings. The van der Waals surface area contributed by atoms with Crippen molar-refractivity contribution in [2.24, 2.45) is 0 Å². The molecule has 5 heteroatoms. The zero-order valence-electron chi connectivity index (χ0n) is 32.1. The molecule has 1 N–H and O–H groups in total. The van der Waals surface area contributed by atoms with Crippen LogP contribution in [0, 0.1) is 0 Å². The lowest BCUT2D eigenvalue weighted by Crippen LogP contribution is -2.28. The van der Waals surface area contributed by atoms with Crippen LogP contribution in [0.3, 0.4) is 0 Å². The Hall–Kier alpha value is -2.92. The van der Waals surface area contributed by atoms with Crippen LogP contribution in [0.2, 0.25) is 0 Å². The Bertz CT molecular complexity index is 968. The molecule has 1 atom stereocenters. The first-order valence-corrected chi connectivity index (χ1v) is 20.1. The summed E-state index contributed by atoms with van der Waals surface area (Å²) in [5, 5.41) is 9.56. The summed E-state index contributed by atoms with van der Waals surface area (Å²) in [4.78, 5) is 24.3. The standard InChI is InChI=1S/C45H74O5/c1-3-5-7-9-11-13-15-17-19-21-22-24-26-28-30-32-34-36-38-40-45(48)50-43(41-46)42-49-44(47)39-37-35-33-31-29-27-25-23-20-18-16-14-12-10-8-6-4-2/h11-14,17-20,22,24-25,27-28,30,43,46H,3-10,15-16,21,23,26,29,31-42H2,1-2H3/b13-11+,14-12+,19-17+,20-18+,24-22+,27-25+,30-28+/t43-/m0/s1. The van der Waals surface area contributed by atoms with E-state index in [1.165, 1.54) is 51.4 Å². The van der Waals surface area contributed by atoms with Crippen molar-refractivity contribution in [2.75, 3.05) is 13.2 Å². The topological polar surface area (TPSA) is 72.8 Å². The lowest BCUT2D eigenvalue weighted by atomic mass is 10.1. The fourth-order valence-corrected chi connectivity index (χ4v) is 5.07. The van der Waals surface area contributed by atoms with Gasteiger partial charge in [0.25, 0.3) is 0 Å². The highest BCUT2D eigenvalue weighted by molar-refractivity contribution is 5.70. The molecule has 0 saturated heterocycles. The number of carbonyl (C=O) groups is 2. The van der Waals surface area contributed by atoms with Gasteiger partial charge in [-0.3, -0.25) is 9.59 Å². The Morgan fingerprint density at radius 3 is 1.20 bits per heavy atom. The van der Waals surface area contributed by atoms with Gasteiger partial charge >= 0.3 is 11.9 Å². The van der Waals surface area contributed by atoms with Crippen LogP contribution in [0.1, 0.15) is 168 Å². The summed E-state index contributed by atoms with van der Waals surface area (Å²) in [7, 11) is 0. The molecule has 0 aliphatic rings. The summed E-state index contributed by atoms with van der Waals surface area (Å²) in [6, 6.07) is 0. The zero-order chi connectivity index (χ0) is 36.4. The van der Waals surface area contributed by atoms with Crippen molar-refractivity contribution >= 4 is 11.9 Å². The highest BCUT2D eigenvalue weighted by atomic mass is 16.6. The van der Waals surface area contributed by atoms with E-state index in [2.05, 4.69) is 98.9 Å². The van der Waals surface area contributed by atoms with Crippen LogP contribution >= 0.6 is 0 Å². The molecule has 0 aromatic heterocycles. The quantitative estimate of drug-likeness (QED) is 0.0406. The molecule has 0 aromatic carbocycles. The highest BCUT2D eigenvalue weighted by Crippen LogP contribution is 2.10. The number of unbranched alkanes of at least 4 members (excludes halogenated alkanes) is 13. The molecule has 0 amide bonds. The minimum Gasteiger partial charge on any atom is -0.462 e. The Labute approximate surface area is 307 Å². The van der Waals surface area contributed by atoms with Gasteiger partial charge < -0.3 is 14.6 Å². The van der Waals surface area contributed by atoms with E-state index in [1.807, 2.05) is 0 Å². The average molecular weight is 695 g/mol. The molecule has 0 unspecified atom stereocenters. The second kappa shape index (κ2) is 40.5. The number of aliphatic hydroxyl groups excluding tert-OH is 1. The van der Waals surface area contributed by atoms with E-state index in [0.717, 1.165) is 89.9 Å². The van der Waals surface area contributed by atoms with Gasteiger partial charge in [0.05, 0.1) is 6.61 Å². The molecular weight excluding hydrogens is 620 g/mol. The van der Waals surface area contributed by atoms with Crippen molar-refractivity contribution in [3.8, 4) is 0 Å². The molecule has 0 heterocycles. The highest BCUT2D eigenvalue weighted by Gasteiger charge is 2.16. The lowest BCUT2D eigenvalue weighted by Gasteiger charge is -2.15. The van der Waals surface area contributed by atoms with Crippen LogP contribution < -0.4 is 0 Å². The first kappa shape index (κ1) is 47.1. The fourth-order valence-electron chi connectivity index (χ4n) is 5.07. The number of rotatable bonds is 35. The van der Waals surface area contributed by atoms with Gasteiger partial charge in [-0.25, -0.2) is 0 Å². The van der Waals surface area contributed by atoms with Crippen LogP contribution in [0.15, 0.2) is 85.1 Å². The van der Waals surface area contributed by atoms with Gasteiger partial charge in [0, 0.05) is 12.8 Å². The van der Waals surface area contributed by atoms with E-state index < -0.39 is 6.10 Å². The molecule has 0 aliphatic carbocycles. The number of carbonyl (C=O) groups excluding carboxylic acids is 2. The Balaban J connectivity index is 3.71. The molecule has 0 aliphatic heterocycles. The summed E-state index contributed by atoms with van der Waals surface area (Å²) < 4.78 is 10.6. The van der Waals surface area contributed by atoms with E-state index in [0.29, 0.717) is 12.8 Å². The van der Waals surface area contributed by atoms with Gasteiger partial charge in [0.2, 0.25) is 0 Å². The van der Waals surface area contributed by atoms with Gasteiger partial charge in [-0.1, -0.05) is 144 Å². The van der Waals surface area contributed by atoms with Gasteiger partial charge in [-0.05, 0) is 96.3 Å². The summed E-state index contributed by atoms with van der Waals surface area (Å²) in [6.45, 7) is 4.02. The van der Waals surface area contributed by atoms with E-state index in [-0.39, 0.29) is 25.2 Å². The molecule has 0 rings (SSSR count). The van der Waals surface area contributed by atoms with E-state index >= 15 is 0 Å². The van der Waals surface area contributed by atoms with E-state index in [4.69, 9.17) is 9.47 Å². The third-order valence-corrected chi connectivity index (χ3v) is 8.16.